The number of urea groups is 1. The van der Waals surface area contributed by atoms with Crippen LogP contribution in [0.4, 0.5) is 4.79 Å². The van der Waals surface area contributed by atoms with Crippen molar-refractivity contribution in [2.45, 2.75) is 32.1 Å². The number of sulfonamides is 1. The Morgan fingerprint density at radius 2 is 2.00 bits per heavy atom. The Bertz CT molecular complexity index is 839. The summed E-state index contributed by atoms with van der Waals surface area (Å²) in [5, 5.41) is 5.84. The summed E-state index contributed by atoms with van der Waals surface area (Å²) in [5.41, 5.74) is 1.13. The molecule has 1 aromatic heterocycles. The van der Waals surface area contributed by atoms with E-state index in [9.17, 15) is 13.2 Å². The number of aromatic amines is 1. The number of aromatic nitrogens is 1. The van der Waals surface area contributed by atoms with Crippen LogP contribution in [0.25, 0.3) is 0 Å². The largest absolute Gasteiger partial charge is 0.365 e. The molecule has 1 aliphatic heterocycles. The molecule has 2 aliphatic rings. The molecular formula is C20H29ClN4O3S. The average molecular weight is 441 g/mol. The Labute approximate surface area is 177 Å². The second-order valence-electron chi connectivity index (χ2n) is 6.71. The van der Waals surface area contributed by atoms with Crippen LogP contribution in [0.5, 0.6) is 0 Å². The smallest absolute Gasteiger partial charge is 0.314 e. The number of nitrogens with zero attached hydrogens (tertiary/aromatic N) is 1. The van der Waals surface area contributed by atoms with Gasteiger partial charge >= 0.3 is 6.03 Å². The minimum Gasteiger partial charge on any atom is -0.365 e. The van der Waals surface area contributed by atoms with Crippen molar-refractivity contribution >= 4 is 27.7 Å². The Balaban J connectivity index is 0.000000221. The molecule has 0 atom stereocenters. The number of hydrogen-bond donors (Lipinski definition) is 3. The van der Waals surface area contributed by atoms with E-state index in [0.29, 0.717) is 36.0 Å². The molecule has 9 heteroatoms. The van der Waals surface area contributed by atoms with Crippen LogP contribution in [0, 0.1) is 0 Å². The molecule has 0 radical (unpaired) electrons. The minimum atomic E-state index is -3.33. The fourth-order valence-electron chi connectivity index (χ4n) is 2.93. The van der Waals surface area contributed by atoms with Gasteiger partial charge in [-0.1, -0.05) is 24.1 Å². The topological polar surface area (TPSA) is 94.3 Å². The van der Waals surface area contributed by atoms with Gasteiger partial charge in [0.2, 0.25) is 10.0 Å². The van der Waals surface area contributed by atoms with Crippen LogP contribution in [0.2, 0.25) is 0 Å². The first-order valence-electron chi connectivity index (χ1n) is 9.74. The van der Waals surface area contributed by atoms with Gasteiger partial charge in [0.05, 0.1) is 4.91 Å². The highest BCUT2D eigenvalue weighted by molar-refractivity contribution is 7.93. The first-order chi connectivity index (χ1) is 13.9. The van der Waals surface area contributed by atoms with Gasteiger partial charge in [-0.05, 0) is 43.2 Å². The van der Waals surface area contributed by atoms with E-state index in [4.69, 9.17) is 11.6 Å². The molecule has 160 valence electrons. The maximum atomic E-state index is 12.3. The van der Waals surface area contributed by atoms with Crippen LogP contribution < -0.4 is 10.6 Å². The number of carbonyl (C=O) groups is 1. The fraction of sp³-hybridized carbons (Fsp3) is 0.450. The first-order valence-corrected chi connectivity index (χ1v) is 11.6. The zero-order chi connectivity index (χ0) is 21.1. The molecule has 29 heavy (non-hydrogen) atoms. The second kappa shape index (κ2) is 11.8. The van der Waals surface area contributed by atoms with Crippen molar-refractivity contribution < 1.29 is 13.2 Å². The number of nitrogens with one attached hydrogen (secondary N) is 3. The highest BCUT2D eigenvalue weighted by Crippen LogP contribution is 2.23. The van der Waals surface area contributed by atoms with E-state index in [1.165, 1.54) is 0 Å². The number of H-pyrrole nitrogens is 1. The van der Waals surface area contributed by atoms with Crippen LogP contribution in [0.1, 0.15) is 31.4 Å². The van der Waals surface area contributed by atoms with Crippen molar-refractivity contribution in [2.75, 3.05) is 26.7 Å². The highest BCUT2D eigenvalue weighted by Gasteiger charge is 2.26. The van der Waals surface area contributed by atoms with Gasteiger partial charge in [-0.3, -0.25) is 0 Å². The number of rotatable bonds is 5. The Morgan fingerprint density at radius 1 is 1.24 bits per heavy atom. The molecule has 7 nitrogen and oxygen atoms in total. The molecular weight excluding hydrogens is 412 g/mol. The predicted octanol–water partition coefficient (Wildman–Crippen LogP) is 3.25. The lowest BCUT2D eigenvalue weighted by atomic mass is 10.2. The molecule has 0 unspecified atom stereocenters. The summed E-state index contributed by atoms with van der Waals surface area (Å²) in [6.45, 7) is 1.91. The minimum absolute atomic E-state index is 0.137. The van der Waals surface area contributed by atoms with Crippen molar-refractivity contribution in [1.82, 2.24) is 19.9 Å². The van der Waals surface area contributed by atoms with Gasteiger partial charge in [0.1, 0.15) is 0 Å². The maximum Gasteiger partial charge on any atom is 0.314 e. The third kappa shape index (κ3) is 7.72. The van der Waals surface area contributed by atoms with Crippen LogP contribution in [-0.4, -0.2) is 50.4 Å². The summed E-state index contributed by atoms with van der Waals surface area (Å²) < 4.78 is 26.2. The zero-order valence-corrected chi connectivity index (χ0v) is 18.2. The van der Waals surface area contributed by atoms with Crippen LogP contribution in [0.15, 0.2) is 52.6 Å². The molecule has 2 heterocycles. The number of hydrogen-bond acceptors (Lipinski definition) is 3. The molecule has 1 fully saturated rings. The number of halogens is 1. The highest BCUT2D eigenvalue weighted by atomic mass is 35.5. The Hall–Kier alpha value is -2.03. The van der Waals surface area contributed by atoms with Gasteiger partial charge in [-0.15, -0.1) is 0 Å². The van der Waals surface area contributed by atoms with E-state index in [0.717, 1.165) is 31.4 Å². The van der Waals surface area contributed by atoms with Crippen LogP contribution >= 0.6 is 11.6 Å². The van der Waals surface area contributed by atoms with Crippen LogP contribution in [-0.2, 0) is 16.4 Å². The zero-order valence-electron chi connectivity index (χ0n) is 16.7. The van der Waals surface area contributed by atoms with Crippen molar-refractivity contribution in [3.63, 3.8) is 0 Å². The normalized spacial score (nSPS) is 17.3. The third-order valence-electron chi connectivity index (χ3n) is 4.55. The number of allylic oxidation sites excluding steroid dienone is 5. The van der Waals surface area contributed by atoms with Gasteiger partial charge in [-0.25, -0.2) is 13.2 Å². The van der Waals surface area contributed by atoms with E-state index in [2.05, 4.69) is 15.6 Å². The summed E-state index contributed by atoms with van der Waals surface area (Å²) in [7, 11) is -1.73. The van der Waals surface area contributed by atoms with E-state index in [1.54, 1.807) is 35.7 Å². The fourth-order valence-corrected chi connectivity index (χ4v) is 4.63. The molecule has 1 aromatic rings. The van der Waals surface area contributed by atoms with Gasteiger partial charge in [-0.2, -0.15) is 4.31 Å². The van der Waals surface area contributed by atoms with E-state index in [-0.39, 0.29) is 6.03 Å². The number of piperidine rings is 1. The van der Waals surface area contributed by atoms with Crippen molar-refractivity contribution in [2.24, 2.45) is 0 Å². The van der Waals surface area contributed by atoms with E-state index >= 15 is 0 Å². The van der Waals surface area contributed by atoms with Crippen molar-refractivity contribution in [3.8, 4) is 0 Å². The Morgan fingerprint density at radius 3 is 2.66 bits per heavy atom. The molecule has 0 spiro atoms. The van der Waals surface area contributed by atoms with Gasteiger partial charge in [0.25, 0.3) is 0 Å². The maximum absolute atomic E-state index is 12.3. The SMILES string of the molecule is CNC(=O)NCCc1ccc[nH]1.O=S(=O)(C1=CC=C(Cl)CC=C1)N1CCCCC1. The Kier molecular flexibility index (Phi) is 9.50. The quantitative estimate of drug-likeness (QED) is 0.655. The predicted molar refractivity (Wildman–Crippen MR) is 117 cm³/mol. The molecule has 0 saturated carbocycles. The first kappa shape index (κ1) is 23.3. The molecule has 2 amide bonds. The van der Waals surface area contributed by atoms with Gasteiger partial charge in [0, 0.05) is 56.4 Å². The van der Waals surface area contributed by atoms with E-state index < -0.39 is 10.0 Å². The lowest BCUT2D eigenvalue weighted by Gasteiger charge is -2.26. The summed E-state index contributed by atoms with van der Waals surface area (Å²) in [5.74, 6) is 0. The summed E-state index contributed by atoms with van der Waals surface area (Å²) in [4.78, 5) is 14.1. The standard InChI is InChI=1S/C12H16ClNO2S.C8H13N3O/c13-11-5-4-6-12(8-7-11)17(15,16)14-9-2-1-3-10-14;1-9-8(12)11-6-4-7-3-2-5-10-7/h4,6-8H,1-3,5,9-10H2;2-3,5,10H,4,6H2,1H3,(H2,9,11,12). The summed E-state index contributed by atoms with van der Waals surface area (Å²) in [6, 6.07) is 3.79. The van der Waals surface area contributed by atoms with Crippen LogP contribution in [0.3, 0.4) is 0 Å². The molecule has 0 aromatic carbocycles. The average Bonchev–Trinajstić information content (AvgIpc) is 3.15. The lowest BCUT2D eigenvalue weighted by Crippen LogP contribution is -2.36. The molecule has 0 bridgehead atoms. The summed E-state index contributed by atoms with van der Waals surface area (Å²) in [6.07, 6.45) is 13.0. The van der Waals surface area contributed by atoms with Crippen molar-refractivity contribution in [3.05, 3.63) is 58.3 Å². The number of amides is 2. The number of carbonyl (C=O) groups excluding carboxylic acids is 1. The third-order valence-corrected chi connectivity index (χ3v) is 6.74. The molecule has 3 N–H and O–H groups in total. The van der Waals surface area contributed by atoms with Gasteiger partial charge in [0.15, 0.2) is 0 Å². The monoisotopic (exact) mass is 440 g/mol. The molecule has 1 saturated heterocycles. The second-order valence-corrected chi connectivity index (χ2v) is 9.13. The lowest BCUT2D eigenvalue weighted by molar-refractivity contribution is 0.243. The van der Waals surface area contributed by atoms with E-state index in [1.807, 2.05) is 18.3 Å². The molecule has 1 aliphatic carbocycles. The molecule has 3 rings (SSSR count). The van der Waals surface area contributed by atoms with Gasteiger partial charge < -0.3 is 15.6 Å². The van der Waals surface area contributed by atoms with Crippen molar-refractivity contribution in [1.29, 1.82) is 0 Å². The summed E-state index contributed by atoms with van der Waals surface area (Å²) >= 11 is 5.88.